The summed E-state index contributed by atoms with van der Waals surface area (Å²) in [5.41, 5.74) is 2.42. The van der Waals surface area contributed by atoms with E-state index in [0.717, 1.165) is 51.4 Å². The molecule has 0 aliphatic carbocycles. The number of nitrogens with zero attached hydrogens (tertiary/aromatic N) is 2. The largest absolute Gasteiger partial charge is 0.492 e. The standard InChI is InChI=1S/C17H29N3O2/c1-3-22-17-13-15(14-18-7-4-12-21)5-6-16(17)20-10-8-19(2)9-11-20/h5-6,13,18,21H,3-4,7-12,14H2,1-2H3. The van der Waals surface area contributed by atoms with Crippen LogP contribution in [0.3, 0.4) is 0 Å². The molecule has 5 heteroatoms. The van der Waals surface area contributed by atoms with E-state index in [9.17, 15) is 0 Å². The third-order valence-corrected chi connectivity index (χ3v) is 4.01. The Morgan fingerprint density at radius 3 is 2.68 bits per heavy atom. The van der Waals surface area contributed by atoms with Gasteiger partial charge in [0.2, 0.25) is 0 Å². The molecule has 0 atom stereocenters. The van der Waals surface area contributed by atoms with Crippen molar-refractivity contribution in [2.75, 3.05) is 57.9 Å². The number of aliphatic hydroxyl groups excluding tert-OH is 1. The van der Waals surface area contributed by atoms with Gasteiger partial charge in [-0.25, -0.2) is 0 Å². The lowest BCUT2D eigenvalue weighted by molar-refractivity contribution is 0.286. The molecule has 2 N–H and O–H groups in total. The second kappa shape index (κ2) is 8.98. The van der Waals surface area contributed by atoms with Crippen molar-refractivity contribution >= 4 is 5.69 Å². The maximum Gasteiger partial charge on any atom is 0.142 e. The summed E-state index contributed by atoms with van der Waals surface area (Å²) in [6.45, 7) is 8.87. The second-order valence-electron chi connectivity index (χ2n) is 5.78. The highest BCUT2D eigenvalue weighted by molar-refractivity contribution is 5.60. The molecule has 1 aliphatic heterocycles. The molecular formula is C17H29N3O2. The van der Waals surface area contributed by atoms with Crippen LogP contribution in [0.1, 0.15) is 18.9 Å². The minimum absolute atomic E-state index is 0.236. The van der Waals surface area contributed by atoms with Crippen LogP contribution in [-0.2, 0) is 6.54 Å². The zero-order valence-electron chi connectivity index (χ0n) is 13.8. The predicted molar refractivity (Wildman–Crippen MR) is 90.7 cm³/mol. The molecule has 1 saturated heterocycles. The normalized spacial score (nSPS) is 16.0. The molecule has 1 fully saturated rings. The van der Waals surface area contributed by atoms with E-state index in [1.165, 1.54) is 11.3 Å². The molecular weight excluding hydrogens is 278 g/mol. The molecule has 0 saturated carbocycles. The zero-order chi connectivity index (χ0) is 15.8. The van der Waals surface area contributed by atoms with Gasteiger partial charge in [-0.05, 0) is 44.6 Å². The number of rotatable bonds is 8. The average molecular weight is 307 g/mol. The number of ether oxygens (including phenoxy) is 1. The monoisotopic (exact) mass is 307 g/mol. The number of nitrogens with one attached hydrogen (secondary N) is 1. The van der Waals surface area contributed by atoms with E-state index in [4.69, 9.17) is 9.84 Å². The van der Waals surface area contributed by atoms with Crippen LogP contribution in [0.15, 0.2) is 18.2 Å². The molecule has 1 heterocycles. The van der Waals surface area contributed by atoms with Crippen LogP contribution in [0, 0.1) is 0 Å². The third kappa shape index (κ3) is 4.87. The lowest BCUT2D eigenvalue weighted by Crippen LogP contribution is -2.44. The molecule has 1 aliphatic rings. The van der Waals surface area contributed by atoms with E-state index in [0.29, 0.717) is 6.61 Å². The molecule has 0 aromatic heterocycles. The van der Waals surface area contributed by atoms with Crippen molar-refractivity contribution in [3.05, 3.63) is 23.8 Å². The third-order valence-electron chi connectivity index (χ3n) is 4.01. The molecule has 0 unspecified atom stereocenters. The Morgan fingerprint density at radius 1 is 1.23 bits per heavy atom. The van der Waals surface area contributed by atoms with E-state index >= 15 is 0 Å². The van der Waals surface area contributed by atoms with E-state index in [2.05, 4.69) is 40.4 Å². The van der Waals surface area contributed by atoms with Crippen LogP contribution in [0.5, 0.6) is 5.75 Å². The average Bonchev–Trinajstić information content (AvgIpc) is 2.53. The Labute approximate surface area is 133 Å². The summed E-state index contributed by atoms with van der Waals surface area (Å²) in [5, 5.41) is 12.1. The number of anilines is 1. The van der Waals surface area contributed by atoms with Gasteiger partial charge in [-0.3, -0.25) is 0 Å². The van der Waals surface area contributed by atoms with Crippen LogP contribution < -0.4 is 15.0 Å². The Hall–Kier alpha value is -1.30. The second-order valence-corrected chi connectivity index (χ2v) is 5.78. The van der Waals surface area contributed by atoms with Crippen LogP contribution in [-0.4, -0.2) is 63.0 Å². The first-order valence-electron chi connectivity index (χ1n) is 8.25. The van der Waals surface area contributed by atoms with Crippen LogP contribution in [0.4, 0.5) is 5.69 Å². The van der Waals surface area contributed by atoms with Gasteiger partial charge in [0.05, 0.1) is 12.3 Å². The summed E-state index contributed by atoms with van der Waals surface area (Å²) in [6.07, 6.45) is 0.789. The van der Waals surface area contributed by atoms with Crippen LogP contribution in [0.2, 0.25) is 0 Å². The van der Waals surface area contributed by atoms with Gasteiger partial charge in [0.1, 0.15) is 5.75 Å². The number of likely N-dealkylation sites (N-methyl/N-ethyl adjacent to an activating group) is 1. The van der Waals surface area contributed by atoms with E-state index in [1.54, 1.807) is 0 Å². The quantitative estimate of drug-likeness (QED) is 0.709. The van der Waals surface area contributed by atoms with Crippen molar-refractivity contribution in [2.45, 2.75) is 19.9 Å². The highest BCUT2D eigenvalue weighted by atomic mass is 16.5. The predicted octanol–water partition coefficient (Wildman–Crippen LogP) is 1.31. The summed E-state index contributed by atoms with van der Waals surface area (Å²) < 4.78 is 5.86. The maximum atomic E-state index is 8.81. The number of piperazine rings is 1. The van der Waals surface area contributed by atoms with Gasteiger partial charge in [-0.2, -0.15) is 0 Å². The lowest BCUT2D eigenvalue weighted by atomic mass is 10.1. The fraction of sp³-hybridized carbons (Fsp3) is 0.647. The fourth-order valence-electron chi connectivity index (χ4n) is 2.68. The molecule has 5 nitrogen and oxygen atoms in total. The minimum atomic E-state index is 0.236. The molecule has 0 radical (unpaired) electrons. The Balaban J connectivity index is 2.03. The van der Waals surface area contributed by atoms with Gasteiger partial charge in [0, 0.05) is 39.3 Å². The molecule has 1 aromatic carbocycles. The van der Waals surface area contributed by atoms with Gasteiger partial charge in [0.15, 0.2) is 0 Å². The Bertz CT molecular complexity index is 446. The number of hydrogen-bond donors (Lipinski definition) is 2. The van der Waals surface area contributed by atoms with Crippen molar-refractivity contribution < 1.29 is 9.84 Å². The summed E-state index contributed by atoms with van der Waals surface area (Å²) in [5.74, 6) is 0.980. The summed E-state index contributed by atoms with van der Waals surface area (Å²) in [7, 11) is 2.17. The fourth-order valence-corrected chi connectivity index (χ4v) is 2.68. The van der Waals surface area contributed by atoms with Crippen molar-refractivity contribution in [1.29, 1.82) is 0 Å². The molecule has 0 spiro atoms. The number of benzene rings is 1. The van der Waals surface area contributed by atoms with Crippen molar-refractivity contribution in [3.63, 3.8) is 0 Å². The zero-order valence-corrected chi connectivity index (χ0v) is 13.8. The molecule has 22 heavy (non-hydrogen) atoms. The van der Waals surface area contributed by atoms with Crippen LogP contribution >= 0.6 is 0 Å². The molecule has 1 aromatic rings. The highest BCUT2D eigenvalue weighted by Gasteiger charge is 2.18. The van der Waals surface area contributed by atoms with Gasteiger partial charge in [-0.15, -0.1) is 0 Å². The first-order chi connectivity index (χ1) is 10.7. The van der Waals surface area contributed by atoms with E-state index < -0.39 is 0 Å². The van der Waals surface area contributed by atoms with Crippen molar-refractivity contribution in [1.82, 2.24) is 10.2 Å². The molecule has 2 rings (SSSR count). The van der Waals surface area contributed by atoms with Crippen molar-refractivity contribution in [3.8, 4) is 5.75 Å². The smallest absolute Gasteiger partial charge is 0.142 e. The van der Waals surface area contributed by atoms with E-state index in [1.807, 2.05) is 6.92 Å². The molecule has 124 valence electrons. The summed E-state index contributed by atoms with van der Waals surface area (Å²) in [6, 6.07) is 6.49. The van der Waals surface area contributed by atoms with Crippen LogP contribution in [0.25, 0.3) is 0 Å². The molecule has 0 amide bonds. The maximum absolute atomic E-state index is 8.81. The highest BCUT2D eigenvalue weighted by Crippen LogP contribution is 2.30. The number of aliphatic hydroxyl groups is 1. The molecule has 0 bridgehead atoms. The Morgan fingerprint density at radius 2 is 2.00 bits per heavy atom. The minimum Gasteiger partial charge on any atom is -0.492 e. The van der Waals surface area contributed by atoms with Gasteiger partial charge >= 0.3 is 0 Å². The van der Waals surface area contributed by atoms with E-state index in [-0.39, 0.29) is 6.61 Å². The first-order valence-corrected chi connectivity index (χ1v) is 8.25. The lowest BCUT2D eigenvalue weighted by Gasteiger charge is -2.35. The van der Waals surface area contributed by atoms with Crippen molar-refractivity contribution in [2.24, 2.45) is 0 Å². The SMILES string of the molecule is CCOc1cc(CNCCCO)ccc1N1CCN(C)CC1. The Kier molecular flexibility index (Phi) is 6.96. The topological polar surface area (TPSA) is 48.0 Å². The summed E-state index contributed by atoms with van der Waals surface area (Å²) in [4.78, 5) is 4.77. The van der Waals surface area contributed by atoms with Gasteiger partial charge in [0.25, 0.3) is 0 Å². The number of hydrogen-bond acceptors (Lipinski definition) is 5. The first kappa shape index (κ1) is 17.1. The van der Waals surface area contributed by atoms with Gasteiger partial charge in [-0.1, -0.05) is 6.07 Å². The van der Waals surface area contributed by atoms with Gasteiger partial charge < -0.3 is 25.0 Å². The summed E-state index contributed by atoms with van der Waals surface area (Å²) >= 11 is 0.